The highest BCUT2D eigenvalue weighted by Crippen LogP contribution is 2.33. The van der Waals surface area contributed by atoms with Gasteiger partial charge in [0.1, 0.15) is 5.76 Å². The van der Waals surface area contributed by atoms with Crippen LogP contribution in [0.1, 0.15) is 34.8 Å². The Balaban J connectivity index is 1.31. The smallest absolute Gasteiger partial charge is 0.232 e. The van der Waals surface area contributed by atoms with Crippen molar-refractivity contribution in [3.8, 4) is 6.07 Å². The zero-order valence-electron chi connectivity index (χ0n) is 17.7. The highest BCUT2D eigenvalue weighted by Gasteiger charge is 2.39. The van der Waals surface area contributed by atoms with E-state index in [9.17, 15) is 9.59 Å². The molecule has 2 amide bonds. The molecule has 1 fully saturated rings. The Bertz CT molecular complexity index is 1260. The summed E-state index contributed by atoms with van der Waals surface area (Å²) in [5.74, 6) is 0.970. The number of aromatic nitrogens is 1. The van der Waals surface area contributed by atoms with Crippen LogP contribution in [0.4, 0.5) is 11.4 Å². The highest BCUT2D eigenvalue weighted by atomic mass is 16.3. The third kappa shape index (κ3) is 3.65. The number of nitriles is 1. The molecule has 1 atom stereocenters. The Labute approximate surface area is 185 Å². The molecule has 0 saturated carbocycles. The van der Waals surface area contributed by atoms with Crippen LogP contribution in [0.25, 0.3) is 0 Å². The summed E-state index contributed by atoms with van der Waals surface area (Å²) in [5.41, 5.74) is 4.34. The van der Waals surface area contributed by atoms with Crippen molar-refractivity contribution in [2.45, 2.75) is 26.2 Å². The fraction of sp³-hybridized carbons (Fsp3) is 0.280. The van der Waals surface area contributed by atoms with E-state index in [0.717, 1.165) is 29.0 Å². The van der Waals surface area contributed by atoms with E-state index < -0.39 is 5.92 Å². The molecule has 0 aliphatic carbocycles. The molecule has 7 heteroatoms. The molecule has 0 bridgehead atoms. The topological polar surface area (TPSA) is 90.4 Å². The second-order valence-electron chi connectivity index (χ2n) is 8.29. The number of fused-ring (bicyclic) bond motifs is 1. The number of hydrogen-bond acceptors (Lipinski definition) is 5. The van der Waals surface area contributed by atoms with Crippen molar-refractivity contribution in [3.05, 3.63) is 77.0 Å². The van der Waals surface area contributed by atoms with E-state index in [1.807, 2.05) is 24.0 Å². The first-order chi connectivity index (χ1) is 15.5. The molecule has 2 aliphatic heterocycles. The van der Waals surface area contributed by atoms with Gasteiger partial charge in [-0.15, -0.1) is 0 Å². The first-order valence-corrected chi connectivity index (χ1v) is 10.7. The van der Waals surface area contributed by atoms with Crippen molar-refractivity contribution in [1.29, 1.82) is 5.26 Å². The van der Waals surface area contributed by atoms with Gasteiger partial charge in [0, 0.05) is 44.2 Å². The highest BCUT2D eigenvalue weighted by molar-refractivity contribution is 6.05. The molecule has 3 aromatic rings. The quantitative estimate of drug-likeness (QED) is 0.638. The minimum absolute atomic E-state index is 0.0188. The molecular formula is C25H22N4O3. The number of carbonyl (C=O) groups excluding carboxylic acids is 2. The summed E-state index contributed by atoms with van der Waals surface area (Å²) in [6.07, 6.45) is 3.38. The lowest BCUT2D eigenvalue weighted by Gasteiger charge is -2.22. The summed E-state index contributed by atoms with van der Waals surface area (Å²) in [6.45, 7) is 2.78. The minimum Gasteiger partial charge on any atom is -0.446 e. The molecule has 160 valence electrons. The van der Waals surface area contributed by atoms with Gasteiger partial charge in [0.2, 0.25) is 11.8 Å². The summed E-state index contributed by atoms with van der Waals surface area (Å²) in [6, 6.07) is 15.2. The van der Waals surface area contributed by atoms with Crippen LogP contribution in [-0.4, -0.2) is 29.9 Å². The molecule has 1 unspecified atom stereocenters. The molecule has 7 nitrogen and oxygen atoms in total. The predicted molar refractivity (Wildman–Crippen MR) is 118 cm³/mol. The van der Waals surface area contributed by atoms with Gasteiger partial charge in [-0.25, -0.2) is 4.98 Å². The monoisotopic (exact) mass is 426 g/mol. The van der Waals surface area contributed by atoms with Gasteiger partial charge in [0.25, 0.3) is 0 Å². The van der Waals surface area contributed by atoms with Crippen molar-refractivity contribution >= 4 is 23.2 Å². The normalized spacial score (nSPS) is 17.5. The standard InChI is InChI=1S/C25H22N4O3/c1-16-27-14-22(32-16)11-17-5-6-23-19(9-17)7-8-28(23)25(31)20-12-24(30)29(15-20)21-4-2-3-18(10-21)13-26/h2-6,9-10,14,20H,7-8,11-12,15H2,1H3. The minimum atomic E-state index is -0.393. The summed E-state index contributed by atoms with van der Waals surface area (Å²) in [5, 5.41) is 9.13. The molecule has 5 rings (SSSR count). The average Bonchev–Trinajstić information content (AvgIpc) is 3.51. The second kappa shape index (κ2) is 7.97. The number of rotatable bonds is 4. The molecule has 2 aliphatic rings. The van der Waals surface area contributed by atoms with Crippen molar-refractivity contribution in [2.24, 2.45) is 5.92 Å². The lowest BCUT2D eigenvalue weighted by atomic mass is 10.0. The third-order valence-electron chi connectivity index (χ3n) is 6.11. The van der Waals surface area contributed by atoms with Crippen LogP contribution < -0.4 is 9.80 Å². The fourth-order valence-electron chi connectivity index (χ4n) is 4.57. The van der Waals surface area contributed by atoms with Crippen LogP contribution in [0.3, 0.4) is 0 Å². The van der Waals surface area contributed by atoms with Crippen molar-refractivity contribution < 1.29 is 14.0 Å². The average molecular weight is 426 g/mol. The van der Waals surface area contributed by atoms with Gasteiger partial charge in [-0.1, -0.05) is 18.2 Å². The van der Waals surface area contributed by atoms with E-state index in [1.165, 1.54) is 0 Å². The first-order valence-electron chi connectivity index (χ1n) is 10.7. The Morgan fingerprint density at radius 2 is 2.16 bits per heavy atom. The molecular weight excluding hydrogens is 404 g/mol. The van der Waals surface area contributed by atoms with Gasteiger partial charge in [0.05, 0.1) is 23.7 Å². The Morgan fingerprint density at radius 1 is 1.28 bits per heavy atom. The summed E-state index contributed by atoms with van der Waals surface area (Å²) >= 11 is 0. The summed E-state index contributed by atoms with van der Waals surface area (Å²) in [4.78, 5) is 33.5. The SMILES string of the molecule is Cc1ncc(Cc2ccc3c(c2)CCN3C(=O)C2CC(=O)N(c3cccc(C#N)c3)C2)o1. The maximum absolute atomic E-state index is 13.3. The van der Waals surface area contributed by atoms with E-state index in [-0.39, 0.29) is 18.2 Å². The van der Waals surface area contributed by atoms with Crippen LogP contribution >= 0.6 is 0 Å². The molecule has 1 aromatic heterocycles. The van der Waals surface area contributed by atoms with Gasteiger partial charge >= 0.3 is 0 Å². The van der Waals surface area contributed by atoms with Gasteiger partial charge in [-0.2, -0.15) is 5.26 Å². The predicted octanol–water partition coefficient (Wildman–Crippen LogP) is 3.39. The van der Waals surface area contributed by atoms with Gasteiger partial charge in [-0.05, 0) is 41.8 Å². The van der Waals surface area contributed by atoms with Gasteiger partial charge < -0.3 is 14.2 Å². The van der Waals surface area contributed by atoms with Crippen LogP contribution in [0, 0.1) is 24.2 Å². The zero-order chi connectivity index (χ0) is 22.2. The van der Waals surface area contributed by atoms with Crippen LogP contribution in [0.15, 0.2) is 53.1 Å². The molecule has 0 N–H and O–H groups in total. The van der Waals surface area contributed by atoms with Crippen molar-refractivity contribution in [2.75, 3.05) is 22.9 Å². The third-order valence-corrected chi connectivity index (χ3v) is 6.11. The fourth-order valence-corrected chi connectivity index (χ4v) is 4.57. The van der Waals surface area contributed by atoms with Crippen molar-refractivity contribution in [1.82, 2.24) is 4.98 Å². The maximum atomic E-state index is 13.3. The Morgan fingerprint density at radius 3 is 2.94 bits per heavy atom. The van der Waals surface area contributed by atoms with E-state index in [0.29, 0.717) is 36.7 Å². The molecule has 3 heterocycles. The van der Waals surface area contributed by atoms with Crippen LogP contribution in [-0.2, 0) is 22.4 Å². The van der Waals surface area contributed by atoms with Crippen LogP contribution in [0.5, 0.6) is 0 Å². The number of benzene rings is 2. The molecule has 2 aromatic carbocycles. The van der Waals surface area contributed by atoms with E-state index in [1.54, 1.807) is 35.4 Å². The van der Waals surface area contributed by atoms with E-state index >= 15 is 0 Å². The van der Waals surface area contributed by atoms with Crippen LogP contribution in [0.2, 0.25) is 0 Å². The van der Waals surface area contributed by atoms with Gasteiger partial charge in [-0.3, -0.25) is 9.59 Å². The number of anilines is 2. The number of hydrogen-bond donors (Lipinski definition) is 0. The molecule has 0 radical (unpaired) electrons. The van der Waals surface area contributed by atoms with E-state index in [2.05, 4.69) is 17.1 Å². The lowest BCUT2D eigenvalue weighted by Crippen LogP contribution is -2.36. The van der Waals surface area contributed by atoms with E-state index in [4.69, 9.17) is 9.68 Å². The molecule has 32 heavy (non-hydrogen) atoms. The largest absolute Gasteiger partial charge is 0.446 e. The first kappa shape index (κ1) is 20.0. The Kier molecular flexibility index (Phi) is 4.98. The number of oxazole rings is 1. The number of amides is 2. The number of aryl methyl sites for hydroxylation is 1. The maximum Gasteiger partial charge on any atom is 0.232 e. The molecule has 1 saturated heterocycles. The Hall–Kier alpha value is -3.92. The zero-order valence-corrected chi connectivity index (χ0v) is 17.7. The number of carbonyl (C=O) groups is 2. The van der Waals surface area contributed by atoms with Crippen molar-refractivity contribution in [3.63, 3.8) is 0 Å². The summed E-state index contributed by atoms with van der Waals surface area (Å²) < 4.78 is 5.57. The summed E-state index contributed by atoms with van der Waals surface area (Å²) in [7, 11) is 0. The number of nitrogens with zero attached hydrogens (tertiary/aromatic N) is 4. The van der Waals surface area contributed by atoms with Gasteiger partial charge in [0.15, 0.2) is 5.89 Å². The lowest BCUT2D eigenvalue weighted by molar-refractivity contribution is -0.124. The second-order valence-corrected chi connectivity index (χ2v) is 8.29. The molecule has 0 spiro atoms.